The van der Waals surface area contributed by atoms with Crippen LogP contribution >= 0.6 is 0 Å². The molecule has 2 N–H and O–H groups in total. The monoisotopic (exact) mass is 225 g/mol. The summed E-state index contributed by atoms with van der Waals surface area (Å²) in [5.41, 5.74) is 6.69. The van der Waals surface area contributed by atoms with E-state index in [-0.39, 0.29) is 0 Å². The molecule has 1 aromatic rings. The minimum atomic E-state index is 0.400. The summed E-state index contributed by atoms with van der Waals surface area (Å²) in [7, 11) is 6.04. The Morgan fingerprint density at radius 3 is 2.50 bits per heavy atom. The molecule has 1 rings (SSSR count). The van der Waals surface area contributed by atoms with Crippen molar-refractivity contribution in [3.63, 3.8) is 0 Å². The van der Waals surface area contributed by atoms with Gasteiger partial charge in [0.15, 0.2) is 5.82 Å². The van der Waals surface area contributed by atoms with Gasteiger partial charge in [-0.05, 0) is 27.9 Å². The van der Waals surface area contributed by atoms with Crippen molar-refractivity contribution in [3.05, 3.63) is 6.20 Å². The molecule has 0 aromatic carbocycles. The molecule has 0 saturated heterocycles. The quantitative estimate of drug-likeness (QED) is 0.804. The van der Waals surface area contributed by atoms with Crippen molar-refractivity contribution in [2.45, 2.75) is 19.9 Å². The molecule has 0 saturated carbocycles. The molecule has 0 radical (unpaired) electrons. The van der Waals surface area contributed by atoms with Crippen molar-refractivity contribution in [2.24, 2.45) is 7.05 Å². The topological polar surface area (TPSA) is 50.3 Å². The van der Waals surface area contributed by atoms with Crippen molar-refractivity contribution in [2.75, 3.05) is 37.8 Å². The second kappa shape index (κ2) is 5.21. The first kappa shape index (κ1) is 12.8. The second-order valence-electron chi connectivity index (χ2n) is 4.48. The van der Waals surface area contributed by atoms with Crippen LogP contribution in [-0.2, 0) is 7.05 Å². The molecule has 5 nitrogen and oxygen atoms in total. The first-order valence-corrected chi connectivity index (χ1v) is 5.66. The molecule has 0 aliphatic rings. The first-order valence-electron chi connectivity index (χ1n) is 5.66. The number of hydrogen-bond acceptors (Lipinski definition) is 4. The smallest absolute Gasteiger partial charge is 0.174 e. The summed E-state index contributed by atoms with van der Waals surface area (Å²) in [6, 6.07) is 0.400. The van der Waals surface area contributed by atoms with Gasteiger partial charge < -0.3 is 15.5 Å². The van der Waals surface area contributed by atoms with Crippen LogP contribution in [0.15, 0.2) is 6.20 Å². The lowest BCUT2D eigenvalue weighted by molar-refractivity contribution is 0.372. The van der Waals surface area contributed by atoms with E-state index in [1.54, 1.807) is 4.68 Å². The maximum Gasteiger partial charge on any atom is 0.174 e. The molecule has 0 fully saturated rings. The Bertz CT molecular complexity index is 331. The molecule has 1 heterocycles. The number of aromatic nitrogens is 2. The number of likely N-dealkylation sites (N-methyl/N-ethyl adjacent to an activating group) is 2. The maximum atomic E-state index is 5.95. The average molecular weight is 225 g/mol. The highest BCUT2D eigenvalue weighted by Gasteiger charge is 2.18. The lowest BCUT2D eigenvalue weighted by Crippen LogP contribution is -2.40. The number of aryl methyl sites for hydroxylation is 1. The summed E-state index contributed by atoms with van der Waals surface area (Å²) in [5.74, 6) is 0.888. The molecule has 16 heavy (non-hydrogen) atoms. The Labute approximate surface area is 97.8 Å². The van der Waals surface area contributed by atoms with E-state index in [4.69, 9.17) is 5.73 Å². The molecular formula is C11H23N5. The van der Waals surface area contributed by atoms with Crippen LogP contribution in [0.4, 0.5) is 11.5 Å². The van der Waals surface area contributed by atoms with Gasteiger partial charge in [0, 0.05) is 32.4 Å². The van der Waals surface area contributed by atoms with E-state index in [1.807, 2.05) is 13.2 Å². The second-order valence-corrected chi connectivity index (χ2v) is 4.48. The van der Waals surface area contributed by atoms with Gasteiger partial charge in [0.2, 0.25) is 0 Å². The van der Waals surface area contributed by atoms with E-state index >= 15 is 0 Å². The minimum Gasteiger partial charge on any atom is -0.394 e. The van der Waals surface area contributed by atoms with Gasteiger partial charge in [0.05, 0.1) is 5.69 Å². The standard InChI is InChI=1S/C11H23N5/c1-6-16(9(2)7-14(3)4)11-10(12)8-15(5)13-11/h8-9H,6-7,12H2,1-5H3. The number of rotatable bonds is 5. The molecule has 0 aliphatic heterocycles. The third kappa shape index (κ3) is 2.88. The van der Waals surface area contributed by atoms with Gasteiger partial charge in [-0.15, -0.1) is 0 Å². The molecular weight excluding hydrogens is 202 g/mol. The summed E-state index contributed by atoms with van der Waals surface area (Å²) >= 11 is 0. The van der Waals surface area contributed by atoms with Crippen molar-refractivity contribution < 1.29 is 0 Å². The van der Waals surface area contributed by atoms with Gasteiger partial charge in [0.25, 0.3) is 0 Å². The van der Waals surface area contributed by atoms with Crippen molar-refractivity contribution in [1.82, 2.24) is 14.7 Å². The highest BCUT2D eigenvalue weighted by atomic mass is 15.4. The van der Waals surface area contributed by atoms with Gasteiger partial charge >= 0.3 is 0 Å². The van der Waals surface area contributed by atoms with E-state index in [0.29, 0.717) is 6.04 Å². The highest BCUT2D eigenvalue weighted by molar-refractivity contribution is 5.62. The van der Waals surface area contributed by atoms with E-state index < -0.39 is 0 Å². The molecule has 92 valence electrons. The molecule has 0 bridgehead atoms. The molecule has 5 heteroatoms. The first-order chi connectivity index (χ1) is 7.45. The Balaban J connectivity index is 2.85. The number of nitrogen functional groups attached to an aromatic ring is 1. The summed E-state index contributed by atoms with van der Waals surface area (Å²) < 4.78 is 1.76. The molecule has 1 unspecified atom stereocenters. The molecule has 0 spiro atoms. The number of hydrogen-bond donors (Lipinski definition) is 1. The van der Waals surface area contributed by atoms with Crippen molar-refractivity contribution in [3.8, 4) is 0 Å². The van der Waals surface area contributed by atoms with E-state index in [9.17, 15) is 0 Å². The van der Waals surface area contributed by atoms with Crippen molar-refractivity contribution >= 4 is 11.5 Å². The predicted octanol–water partition coefficient (Wildman–Crippen LogP) is 0.779. The van der Waals surface area contributed by atoms with Crippen molar-refractivity contribution in [1.29, 1.82) is 0 Å². The van der Waals surface area contributed by atoms with Crippen LogP contribution < -0.4 is 10.6 Å². The minimum absolute atomic E-state index is 0.400. The van der Waals surface area contributed by atoms with Crippen LogP contribution in [0.3, 0.4) is 0 Å². The third-order valence-electron chi connectivity index (χ3n) is 2.61. The predicted molar refractivity (Wildman–Crippen MR) is 68.7 cm³/mol. The van der Waals surface area contributed by atoms with Crippen LogP contribution in [0, 0.1) is 0 Å². The van der Waals surface area contributed by atoms with E-state index in [0.717, 1.165) is 24.6 Å². The lowest BCUT2D eigenvalue weighted by Gasteiger charge is -2.30. The molecule has 0 aliphatic carbocycles. The Morgan fingerprint density at radius 2 is 2.12 bits per heavy atom. The molecule has 1 aromatic heterocycles. The van der Waals surface area contributed by atoms with Crippen LogP contribution in [0.25, 0.3) is 0 Å². The van der Waals surface area contributed by atoms with Crippen LogP contribution in [0.1, 0.15) is 13.8 Å². The fraction of sp³-hybridized carbons (Fsp3) is 0.727. The fourth-order valence-corrected chi connectivity index (χ4v) is 2.02. The van der Waals surface area contributed by atoms with Gasteiger partial charge in [-0.2, -0.15) is 5.10 Å². The Hall–Kier alpha value is -1.23. The van der Waals surface area contributed by atoms with E-state index in [1.165, 1.54) is 0 Å². The fourth-order valence-electron chi connectivity index (χ4n) is 2.02. The summed E-state index contributed by atoms with van der Waals surface area (Å²) in [6.07, 6.45) is 1.85. The molecule has 1 atom stereocenters. The normalized spacial score (nSPS) is 13.1. The average Bonchev–Trinajstić information content (AvgIpc) is 2.45. The number of nitrogens with two attached hydrogens (primary N) is 1. The summed E-state index contributed by atoms with van der Waals surface area (Å²) in [5, 5.41) is 4.41. The van der Waals surface area contributed by atoms with Crippen LogP contribution in [0.2, 0.25) is 0 Å². The van der Waals surface area contributed by atoms with Gasteiger partial charge in [-0.1, -0.05) is 0 Å². The largest absolute Gasteiger partial charge is 0.394 e. The third-order valence-corrected chi connectivity index (χ3v) is 2.61. The summed E-state index contributed by atoms with van der Waals surface area (Å²) in [6.45, 7) is 6.22. The lowest BCUT2D eigenvalue weighted by atomic mass is 10.2. The Kier molecular flexibility index (Phi) is 4.18. The zero-order valence-electron chi connectivity index (χ0n) is 10.9. The highest BCUT2D eigenvalue weighted by Crippen LogP contribution is 2.22. The molecule has 0 amide bonds. The maximum absolute atomic E-state index is 5.95. The number of anilines is 2. The Morgan fingerprint density at radius 1 is 1.50 bits per heavy atom. The van der Waals surface area contributed by atoms with Gasteiger partial charge in [-0.3, -0.25) is 4.68 Å². The SMILES string of the molecule is CCN(c1nn(C)cc1N)C(C)CN(C)C. The van der Waals surface area contributed by atoms with Crippen LogP contribution in [0.5, 0.6) is 0 Å². The zero-order chi connectivity index (χ0) is 12.3. The summed E-state index contributed by atoms with van der Waals surface area (Å²) in [4.78, 5) is 4.40. The van der Waals surface area contributed by atoms with Crippen LogP contribution in [-0.4, -0.2) is 47.9 Å². The van der Waals surface area contributed by atoms with E-state index in [2.05, 4.69) is 42.8 Å². The number of nitrogens with zero attached hydrogens (tertiary/aromatic N) is 4. The van der Waals surface area contributed by atoms with Gasteiger partial charge in [0.1, 0.15) is 0 Å². The van der Waals surface area contributed by atoms with Gasteiger partial charge in [-0.25, -0.2) is 0 Å². The zero-order valence-corrected chi connectivity index (χ0v) is 10.9.